The fourth-order valence-corrected chi connectivity index (χ4v) is 6.99. The first kappa shape index (κ1) is 54.7. The minimum absolute atomic E-state index is 0.0401. The number of unbranched alkanes of at least 4 members (excludes halogenated alkanes) is 2. The third kappa shape index (κ3) is 24.4. The molecular formula is C40H61BrN8O15. The van der Waals surface area contributed by atoms with Gasteiger partial charge in [0.25, 0.3) is 0 Å². The minimum Gasteiger partial charge on any atom is -0.481 e. The number of aliphatic carboxylic acids is 6. The molecule has 1 heterocycles. The lowest BCUT2D eigenvalue weighted by atomic mass is 10.1. The van der Waals surface area contributed by atoms with Gasteiger partial charge in [0.2, 0.25) is 11.8 Å². The third-order valence-corrected chi connectivity index (χ3v) is 10.7. The number of carboxylic acid groups (broad SMARTS) is 6. The number of nitrogens with zero attached hydrogens (tertiary/aromatic N) is 5. The Balaban J connectivity index is 1.96. The van der Waals surface area contributed by atoms with Crippen molar-refractivity contribution in [1.29, 1.82) is 0 Å². The molecule has 2 unspecified atom stereocenters. The van der Waals surface area contributed by atoms with E-state index in [2.05, 4.69) is 31.9 Å². The Morgan fingerprint density at radius 1 is 0.562 bits per heavy atom. The lowest BCUT2D eigenvalue weighted by molar-refractivity contribution is -0.141. The van der Waals surface area contributed by atoms with Gasteiger partial charge in [0.1, 0.15) is 12.1 Å². The number of rotatable bonds is 27. The number of amides is 4. The van der Waals surface area contributed by atoms with E-state index >= 15 is 0 Å². The summed E-state index contributed by atoms with van der Waals surface area (Å²) in [5.41, 5.74) is 0.848. The summed E-state index contributed by atoms with van der Waals surface area (Å²) in [4.78, 5) is 116. The van der Waals surface area contributed by atoms with Crippen molar-refractivity contribution in [3.63, 3.8) is 0 Å². The summed E-state index contributed by atoms with van der Waals surface area (Å²) in [7, 11) is 0. The number of carboxylic acids is 6. The van der Waals surface area contributed by atoms with E-state index < -0.39 is 66.8 Å². The number of halogens is 1. The van der Waals surface area contributed by atoms with Gasteiger partial charge in [-0.2, -0.15) is 0 Å². The number of nitrogens with one attached hydrogen (secondary N) is 3. The van der Waals surface area contributed by atoms with Crippen LogP contribution < -0.4 is 16.0 Å². The van der Waals surface area contributed by atoms with Crippen LogP contribution in [-0.4, -0.2) is 213 Å². The lowest BCUT2D eigenvalue weighted by Gasteiger charge is -2.32. The summed E-state index contributed by atoms with van der Waals surface area (Å²) in [6.07, 6.45) is 0.705. The normalized spacial score (nSPS) is 15.6. The summed E-state index contributed by atoms with van der Waals surface area (Å²) in [6.45, 7) is 1.96. The number of benzene rings is 1. The topological polar surface area (TPSA) is 327 Å². The second kappa shape index (κ2) is 29.8. The molecule has 1 saturated heterocycles. The van der Waals surface area contributed by atoms with Gasteiger partial charge in [-0.25, -0.2) is 14.4 Å². The van der Waals surface area contributed by atoms with Crippen LogP contribution >= 0.6 is 15.9 Å². The molecule has 1 aromatic rings. The highest BCUT2D eigenvalue weighted by molar-refractivity contribution is 9.10. The van der Waals surface area contributed by atoms with Gasteiger partial charge in [-0.1, -0.05) is 28.1 Å². The van der Waals surface area contributed by atoms with Gasteiger partial charge in [-0.15, -0.1) is 0 Å². The zero-order valence-electron chi connectivity index (χ0n) is 35.7. The maximum atomic E-state index is 13.5. The Morgan fingerprint density at radius 3 is 1.45 bits per heavy atom. The first-order valence-electron chi connectivity index (χ1n) is 20.9. The SMILES string of the molecule is O=C(O)CCC(NC(=O)NC(CCCCN(Cc1ccc(Br)cc1)C(=O)CCCCNC(=O)CN1CCN(CC(=O)O)CCN(CC(=O)O)CCN(CC(=O)O)CC1)C(=O)O)C(=O)O. The fraction of sp³-hybridized carbons (Fsp3) is 0.625. The Kier molecular flexibility index (Phi) is 25.5. The molecule has 0 radical (unpaired) electrons. The summed E-state index contributed by atoms with van der Waals surface area (Å²) in [5.74, 6) is -7.76. The van der Waals surface area contributed by atoms with Gasteiger partial charge in [-0.3, -0.25) is 48.4 Å². The molecule has 358 valence electrons. The Morgan fingerprint density at radius 2 is 1.02 bits per heavy atom. The maximum Gasteiger partial charge on any atom is 0.326 e. The standard InChI is InChI=1S/C40H61BrN8O15/c41-29-9-7-28(8-10-29)23-49(14-4-2-5-30(38(60)61)43-40(64)44-31(39(62)63)11-12-34(52)53)33(51)6-1-3-13-42-32(50)24-45-15-17-46(25-35(54)55)19-21-48(27-37(58)59)22-20-47(18-16-45)26-36(56)57/h7-10,30-31H,1-6,11-27H2,(H,42,50)(H,52,53)(H,54,55)(H,56,57)(H,58,59)(H,60,61)(H,62,63)(H2,43,44,64). The summed E-state index contributed by atoms with van der Waals surface area (Å²) < 4.78 is 0.846. The average Bonchev–Trinajstić information content (AvgIpc) is 3.20. The Bertz CT molecular complexity index is 1690. The molecule has 1 aliphatic heterocycles. The van der Waals surface area contributed by atoms with Gasteiger partial charge in [0.15, 0.2) is 0 Å². The van der Waals surface area contributed by atoms with E-state index in [4.69, 9.17) is 5.11 Å². The predicted octanol–water partition coefficient (Wildman–Crippen LogP) is -0.220. The van der Waals surface area contributed by atoms with Gasteiger partial charge in [-0.05, 0) is 56.2 Å². The highest BCUT2D eigenvalue weighted by atomic mass is 79.9. The van der Waals surface area contributed by atoms with Crippen LogP contribution in [0.15, 0.2) is 28.7 Å². The Hall–Kier alpha value is -5.43. The molecule has 4 amide bonds. The van der Waals surface area contributed by atoms with E-state index in [-0.39, 0.29) is 129 Å². The molecule has 0 spiro atoms. The second-order valence-electron chi connectivity index (χ2n) is 15.4. The van der Waals surface area contributed by atoms with Crippen molar-refractivity contribution in [2.75, 3.05) is 91.6 Å². The van der Waals surface area contributed by atoms with Crippen LogP contribution in [0, 0.1) is 0 Å². The molecule has 1 aliphatic rings. The molecule has 0 saturated carbocycles. The quantitative estimate of drug-likeness (QED) is 0.0515. The van der Waals surface area contributed by atoms with E-state index in [1.807, 2.05) is 29.2 Å². The molecule has 0 aromatic heterocycles. The van der Waals surface area contributed by atoms with Crippen molar-refractivity contribution in [3.05, 3.63) is 34.3 Å². The van der Waals surface area contributed by atoms with E-state index in [0.717, 1.165) is 10.0 Å². The van der Waals surface area contributed by atoms with Crippen LogP contribution in [0.1, 0.15) is 56.9 Å². The number of carbonyl (C=O) groups excluding carboxylic acids is 3. The van der Waals surface area contributed by atoms with E-state index in [9.17, 15) is 68.7 Å². The Labute approximate surface area is 378 Å². The van der Waals surface area contributed by atoms with Crippen molar-refractivity contribution >= 4 is 69.6 Å². The van der Waals surface area contributed by atoms with Crippen LogP contribution in [-0.2, 0) is 44.9 Å². The summed E-state index contributed by atoms with van der Waals surface area (Å²) in [6, 6.07) is 3.37. The molecule has 23 nitrogen and oxygen atoms in total. The fourth-order valence-electron chi connectivity index (χ4n) is 6.73. The largest absolute Gasteiger partial charge is 0.481 e. The smallest absolute Gasteiger partial charge is 0.326 e. The van der Waals surface area contributed by atoms with Crippen LogP contribution in [0.2, 0.25) is 0 Å². The molecule has 9 N–H and O–H groups in total. The van der Waals surface area contributed by atoms with Crippen LogP contribution in [0.3, 0.4) is 0 Å². The first-order chi connectivity index (χ1) is 30.3. The molecule has 2 atom stereocenters. The van der Waals surface area contributed by atoms with Gasteiger partial charge < -0.3 is 51.5 Å². The molecule has 0 aliphatic carbocycles. The zero-order chi connectivity index (χ0) is 47.6. The lowest BCUT2D eigenvalue weighted by Crippen LogP contribution is -2.51. The van der Waals surface area contributed by atoms with E-state index in [1.54, 1.807) is 19.6 Å². The second-order valence-corrected chi connectivity index (χ2v) is 16.3. The van der Waals surface area contributed by atoms with E-state index in [0.29, 0.717) is 19.3 Å². The molecule has 24 heteroatoms. The van der Waals surface area contributed by atoms with Crippen molar-refractivity contribution in [1.82, 2.24) is 40.4 Å². The number of hydrogen-bond donors (Lipinski definition) is 9. The number of hydrogen-bond acceptors (Lipinski definition) is 13. The predicted molar refractivity (Wildman–Crippen MR) is 230 cm³/mol. The van der Waals surface area contributed by atoms with Gasteiger partial charge >= 0.3 is 41.8 Å². The number of carbonyl (C=O) groups is 9. The third-order valence-electron chi connectivity index (χ3n) is 10.2. The molecule has 2 rings (SSSR count). The van der Waals surface area contributed by atoms with Crippen molar-refractivity contribution in [2.45, 2.75) is 70.0 Å². The molecule has 1 fully saturated rings. The van der Waals surface area contributed by atoms with Crippen molar-refractivity contribution in [2.24, 2.45) is 0 Å². The minimum atomic E-state index is -1.54. The van der Waals surface area contributed by atoms with Crippen LogP contribution in [0.4, 0.5) is 4.79 Å². The number of urea groups is 1. The molecule has 64 heavy (non-hydrogen) atoms. The van der Waals surface area contributed by atoms with Gasteiger partial charge in [0.05, 0.1) is 26.2 Å². The maximum absolute atomic E-state index is 13.5. The van der Waals surface area contributed by atoms with Crippen LogP contribution in [0.5, 0.6) is 0 Å². The molecular weight excluding hydrogens is 912 g/mol. The average molecular weight is 974 g/mol. The molecule has 1 aromatic carbocycles. The highest BCUT2D eigenvalue weighted by Gasteiger charge is 2.26. The van der Waals surface area contributed by atoms with Gasteiger partial charge in [0, 0.05) is 89.3 Å². The highest BCUT2D eigenvalue weighted by Crippen LogP contribution is 2.15. The molecule has 0 bridgehead atoms. The summed E-state index contributed by atoms with van der Waals surface area (Å²) >= 11 is 3.39. The zero-order valence-corrected chi connectivity index (χ0v) is 37.3. The monoisotopic (exact) mass is 972 g/mol. The van der Waals surface area contributed by atoms with Crippen LogP contribution in [0.25, 0.3) is 0 Å². The van der Waals surface area contributed by atoms with Crippen molar-refractivity contribution in [3.8, 4) is 0 Å². The summed E-state index contributed by atoms with van der Waals surface area (Å²) in [5, 5.41) is 63.3. The van der Waals surface area contributed by atoms with E-state index in [1.165, 1.54) is 0 Å². The van der Waals surface area contributed by atoms with Crippen molar-refractivity contribution < 1.29 is 73.8 Å². The first-order valence-corrected chi connectivity index (χ1v) is 21.7.